The highest BCUT2D eigenvalue weighted by Crippen LogP contribution is 2.15. The summed E-state index contributed by atoms with van der Waals surface area (Å²) in [6.07, 6.45) is 4.02. The Morgan fingerprint density at radius 1 is 1.14 bits per heavy atom. The first kappa shape index (κ1) is 17.2. The summed E-state index contributed by atoms with van der Waals surface area (Å²) in [6.45, 7) is 16.0. The third kappa shape index (κ3) is 5.85. The molecule has 1 N–H and O–H groups in total. The maximum Gasteiger partial charge on any atom is 0.0119 e. The van der Waals surface area contributed by atoms with Crippen molar-refractivity contribution in [2.24, 2.45) is 5.92 Å². The molecule has 2 saturated heterocycles. The van der Waals surface area contributed by atoms with Crippen LogP contribution in [-0.2, 0) is 0 Å². The SMILES string of the molecule is CCN(CCC(C)CN1CCN(C)CC1)C1CCNCC1. The molecular weight excluding hydrogens is 260 g/mol. The van der Waals surface area contributed by atoms with Gasteiger partial charge in [-0.2, -0.15) is 0 Å². The van der Waals surface area contributed by atoms with Gasteiger partial charge in [0.2, 0.25) is 0 Å². The van der Waals surface area contributed by atoms with E-state index in [2.05, 4.69) is 40.9 Å². The van der Waals surface area contributed by atoms with Crippen LogP contribution in [0.3, 0.4) is 0 Å². The molecule has 2 aliphatic rings. The van der Waals surface area contributed by atoms with Crippen LogP contribution in [0, 0.1) is 5.92 Å². The lowest BCUT2D eigenvalue weighted by Gasteiger charge is -2.36. The second-order valence-electron chi connectivity index (χ2n) is 7.11. The van der Waals surface area contributed by atoms with E-state index in [0.717, 1.165) is 12.0 Å². The quantitative estimate of drug-likeness (QED) is 0.765. The van der Waals surface area contributed by atoms with Gasteiger partial charge in [-0.15, -0.1) is 0 Å². The Hall–Kier alpha value is -0.160. The molecule has 1 unspecified atom stereocenters. The van der Waals surface area contributed by atoms with Crippen LogP contribution in [-0.4, -0.2) is 86.7 Å². The van der Waals surface area contributed by atoms with Gasteiger partial charge in [0.25, 0.3) is 0 Å². The molecule has 4 heteroatoms. The van der Waals surface area contributed by atoms with Crippen molar-refractivity contribution in [2.45, 2.75) is 39.2 Å². The van der Waals surface area contributed by atoms with Gasteiger partial charge < -0.3 is 20.0 Å². The summed E-state index contributed by atoms with van der Waals surface area (Å²) >= 11 is 0. The molecule has 2 heterocycles. The largest absolute Gasteiger partial charge is 0.317 e. The van der Waals surface area contributed by atoms with Gasteiger partial charge in [0, 0.05) is 38.8 Å². The molecule has 0 saturated carbocycles. The van der Waals surface area contributed by atoms with Crippen LogP contribution in [0.25, 0.3) is 0 Å². The van der Waals surface area contributed by atoms with E-state index in [0.29, 0.717) is 0 Å². The molecule has 2 rings (SSSR count). The number of nitrogens with zero attached hydrogens (tertiary/aromatic N) is 3. The molecule has 0 aromatic carbocycles. The third-order valence-corrected chi connectivity index (χ3v) is 5.31. The minimum absolute atomic E-state index is 0.823. The van der Waals surface area contributed by atoms with Crippen LogP contribution in [0.2, 0.25) is 0 Å². The highest BCUT2D eigenvalue weighted by atomic mass is 15.2. The highest BCUT2D eigenvalue weighted by molar-refractivity contribution is 4.78. The molecule has 2 fully saturated rings. The second-order valence-corrected chi connectivity index (χ2v) is 7.11. The molecule has 1 atom stereocenters. The number of rotatable bonds is 7. The zero-order valence-corrected chi connectivity index (χ0v) is 14.5. The summed E-state index contributed by atoms with van der Waals surface area (Å²) in [6, 6.07) is 0.826. The fourth-order valence-corrected chi connectivity index (χ4v) is 3.72. The number of hydrogen-bond acceptors (Lipinski definition) is 4. The Morgan fingerprint density at radius 2 is 1.81 bits per heavy atom. The van der Waals surface area contributed by atoms with Crippen molar-refractivity contribution >= 4 is 0 Å². The average molecular weight is 297 g/mol. The van der Waals surface area contributed by atoms with Crippen molar-refractivity contribution in [3.8, 4) is 0 Å². The molecule has 0 aromatic rings. The monoisotopic (exact) mass is 296 g/mol. The highest BCUT2D eigenvalue weighted by Gasteiger charge is 2.21. The zero-order valence-electron chi connectivity index (χ0n) is 14.5. The van der Waals surface area contributed by atoms with Crippen LogP contribution in [0.4, 0.5) is 0 Å². The Morgan fingerprint density at radius 3 is 2.43 bits per heavy atom. The predicted octanol–water partition coefficient (Wildman–Crippen LogP) is 1.33. The molecule has 0 aromatic heterocycles. The molecule has 0 spiro atoms. The van der Waals surface area contributed by atoms with E-state index in [1.807, 2.05) is 0 Å². The topological polar surface area (TPSA) is 21.8 Å². The average Bonchev–Trinajstić information content (AvgIpc) is 2.51. The molecule has 124 valence electrons. The summed E-state index contributed by atoms with van der Waals surface area (Å²) in [7, 11) is 2.24. The Labute approximate surface area is 131 Å². The van der Waals surface area contributed by atoms with Crippen molar-refractivity contribution in [1.29, 1.82) is 0 Å². The first-order valence-corrected chi connectivity index (χ1v) is 9.04. The van der Waals surface area contributed by atoms with Gasteiger partial charge >= 0.3 is 0 Å². The van der Waals surface area contributed by atoms with Gasteiger partial charge in [0.05, 0.1) is 0 Å². The second kappa shape index (κ2) is 9.09. The van der Waals surface area contributed by atoms with Gasteiger partial charge in [-0.3, -0.25) is 0 Å². The minimum atomic E-state index is 0.823. The van der Waals surface area contributed by atoms with E-state index >= 15 is 0 Å². The van der Waals surface area contributed by atoms with Gasteiger partial charge in [0.15, 0.2) is 0 Å². The van der Waals surface area contributed by atoms with E-state index in [1.54, 1.807) is 0 Å². The van der Waals surface area contributed by atoms with Gasteiger partial charge in [-0.05, 0) is 58.4 Å². The van der Waals surface area contributed by atoms with E-state index in [4.69, 9.17) is 0 Å². The van der Waals surface area contributed by atoms with E-state index < -0.39 is 0 Å². The fourth-order valence-electron chi connectivity index (χ4n) is 3.72. The maximum absolute atomic E-state index is 3.48. The smallest absolute Gasteiger partial charge is 0.0119 e. The van der Waals surface area contributed by atoms with Crippen LogP contribution in [0.15, 0.2) is 0 Å². The van der Waals surface area contributed by atoms with Crippen molar-refractivity contribution in [3.63, 3.8) is 0 Å². The van der Waals surface area contributed by atoms with E-state index in [-0.39, 0.29) is 0 Å². The third-order valence-electron chi connectivity index (χ3n) is 5.31. The number of likely N-dealkylation sites (N-methyl/N-ethyl adjacent to an activating group) is 1. The van der Waals surface area contributed by atoms with Crippen molar-refractivity contribution < 1.29 is 0 Å². The Bertz CT molecular complexity index is 270. The molecule has 21 heavy (non-hydrogen) atoms. The summed E-state index contributed by atoms with van der Waals surface area (Å²) in [5, 5.41) is 3.48. The first-order valence-electron chi connectivity index (χ1n) is 9.04. The minimum Gasteiger partial charge on any atom is -0.317 e. The van der Waals surface area contributed by atoms with Crippen molar-refractivity contribution in [1.82, 2.24) is 20.0 Å². The van der Waals surface area contributed by atoms with Crippen LogP contribution in [0.1, 0.15) is 33.1 Å². The van der Waals surface area contributed by atoms with Gasteiger partial charge in [-0.25, -0.2) is 0 Å². The van der Waals surface area contributed by atoms with Crippen LogP contribution in [0.5, 0.6) is 0 Å². The van der Waals surface area contributed by atoms with Crippen molar-refractivity contribution in [2.75, 3.05) is 66.0 Å². The number of piperazine rings is 1. The Kier molecular flexibility index (Phi) is 7.44. The maximum atomic E-state index is 3.48. The number of piperidine rings is 1. The molecule has 0 amide bonds. The molecule has 2 aliphatic heterocycles. The van der Waals surface area contributed by atoms with Gasteiger partial charge in [-0.1, -0.05) is 13.8 Å². The normalized spacial score (nSPS) is 24.6. The molecule has 4 nitrogen and oxygen atoms in total. The van der Waals surface area contributed by atoms with Crippen molar-refractivity contribution in [3.05, 3.63) is 0 Å². The van der Waals surface area contributed by atoms with Crippen LogP contribution < -0.4 is 5.32 Å². The summed E-state index contributed by atoms with van der Waals surface area (Å²) in [5.41, 5.74) is 0. The summed E-state index contributed by atoms with van der Waals surface area (Å²) in [4.78, 5) is 7.82. The first-order chi connectivity index (χ1) is 10.2. The molecular formula is C17H36N4. The lowest BCUT2D eigenvalue weighted by molar-refractivity contribution is 0.124. The molecule has 0 radical (unpaired) electrons. The fraction of sp³-hybridized carbons (Fsp3) is 1.00. The van der Waals surface area contributed by atoms with Gasteiger partial charge in [0.1, 0.15) is 0 Å². The lowest BCUT2D eigenvalue weighted by atomic mass is 10.0. The number of hydrogen-bond donors (Lipinski definition) is 1. The van der Waals surface area contributed by atoms with E-state index in [1.165, 1.54) is 78.2 Å². The molecule has 0 bridgehead atoms. The summed E-state index contributed by atoms with van der Waals surface area (Å²) in [5.74, 6) is 0.823. The lowest BCUT2D eigenvalue weighted by Crippen LogP contribution is -2.46. The standard InChI is InChI=1S/C17H36N4/c1-4-21(17-5-8-18-9-6-17)10-7-16(2)15-20-13-11-19(3)12-14-20/h16-18H,4-15H2,1-3H3. The predicted molar refractivity (Wildman–Crippen MR) is 90.9 cm³/mol. The van der Waals surface area contributed by atoms with E-state index in [9.17, 15) is 0 Å². The summed E-state index contributed by atoms with van der Waals surface area (Å²) < 4.78 is 0. The zero-order chi connectivity index (χ0) is 15.1. The molecule has 0 aliphatic carbocycles. The van der Waals surface area contributed by atoms with Crippen LogP contribution >= 0.6 is 0 Å². The number of nitrogens with one attached hydrogen (secondary N) is 1. The Balaban J connectivity index is 1.65.